The Morgan fingerprint density at radius 1 is 1.36 bits per heavy atom. The number of rotatable bonds is 5. The fourth-order valence-electron chi connectivity index (χ4n) is 2.01. The van der Waals surface area contributed by atoms with Crippen LogP contribution in [0.4, 0.5) is 5.82 Å². The predicted octanol–water partition coefficient (Wildman–Crippen LogP) is 3.82. The number of amides is 1. The molecule has 1 N–H and O–H groups in total. The van der Waals surface area contributed by atoms with Crippen molar-refractivity contribution in [3.8, 4) is 11.6 Å². The second-order valence-corrected chi connectivity index (χ2v) is 6.82. The largest absolute Gasteiger partial charge is 0.461 e. The molecule has 0 aliphatic heterocycles. The lowest BCUT2D eigenvalue weighted by Crippen LogP contribution is -2.16. The molecule has 3 rings (SSSR count). The second-order valence-electron chi connectivity index (χ2n) is 5.07. The number of carbonyl (C=O) groups excluding carboxylic acids is 1. The highest BCUT2D eigenvalue weighted by molar-refractivity contribution is 7.99. The maximum atomic E-state index is 12.1. The Hall–Kier alpha value is -2.03. The molecule has 3 aromatic heterocycles. The van der Waals surface area contributed by atoms with Crippen molar-refractivity contribution in [2.75, 3.05) is 11.1 Å². The summed E-state index contributed by atoms with van der Waals surface area (Å²) in [5.41, 5.74) is 0.588. The Balaban J connectivity index is 1.64. The summed E-state index contributed by atoms with van der Waals surface area (Å²) in [4.78, 5) is 16.3. The molecule has 0 radical (unpaired) electrons. The van der Waals surface area contributed by atoms with E-state index in [1.165, 1.54) is 11.8 Å². The quantitative estimate of drug-likeness (QED) is 0.658. The van der Waals surface area contributed by atoms with Gasteiger partial charge < -0.3 is 14.3 Å². The SMILES string of the molecule is Cc1nc(NC(=O)CSc2nnc(-c3ccco3)n2C)c(Cl)cc1Cl. The van der Waals surface area contributed by atoms with E-state index >= 15 is 0 Å². The number of anilines is 1. The van der Waals surface area contributed by atoms with E-state index in [9.17, 15) is 4.79 Å². The van der Waals surface area contributed by atoms with E-state index in [0.29, 0.717) is 27.5 Å². The van der Waals surface area contributed by atoms with Crippen molar-refractivity contribution in [1.29, 1.82) is 0 Å². The Morgan fingerprint density at radius 2 is 2.16 bits per heavy atom. The van der Waals surface area contributed by atoms with Crippen molar-refractivity contribution in [3.63, 3.8) is 0 Å². The van der Waals surface area contributed by atoms with E-state index in [-0.39, 0.29) is 22.5 Å². The van der Waals surface area contributed by atoms with Gasteiger partial charge in [-0.3, -0.25) is 4.79 Å². The monoisotopic (exact) mass is 397 g/mol. The molecule has 0 aromatic carbocycles. The first-order valence-corrected chi connectivity index (χ1v) is 8.88. The zero-order valence-corrected chi connectivity index (χ0v) is 15.6. The number of aromatic nitrogens is 4. The molecule has 0 spiro atoms. The third kappa shape index (κ3) is 3.97. The van der Waals surface area contributed by atoms with Gasteiger partial charge in [0.1, 0.15) is 0 Å². The zero-order chi connectivity index (χ0) is 18.0. The highest BCUT2D eigenvalue weighted by Crippen LogP contribution is 2.26. The lowest BCUT2D eigenvalue weighted by atomic mass is 10.3. The average molecular weight is 398 g/mol. The molecule has 0 saturated carbocycles. The fourth-order valence-corrected chi connectivity index (χ4v) is 3.12. The van der Waals surface area contributed by atoms with Crippen molar-refractivity contribution in [1.82, 2.24) is 19.7 Å². The molecule has 1 amide bonds. The molecule has 0 atom stereocenters. The van der Waals surface area contributed by atoms with Gasteiger partial charge in [0.05, 0.1) is 27.8 Å². The predicted molar refractivity (Wildman–Crippen MR) is 97.1 cm³/mol. The number of hydrogen-bond acceptors (Lipinski definition) is 6. The van der Waals surface area contributed by atoms with Crippen LogP contribution in [0.3, 0.4) is 0 Å². The topological polar surface area (TPSA) is 85.8 Å². The van der Waals surface area contributed by atoms with E-state index in [0.717, 1.165) is 0 Å². The Labute approximate surface area is 157 Å². The van der Waals surface area contributed by atoms with Crippen molar-refractivity contribution in [2.45, 2.75) is 12.1 Å². The van der Waals surface area contributed by atoms with Gasteiger partial charge in [-0.2, -0.15) is 0 Å². The number of aryl methyl sites for hydroxylation is 1. The first-order valence-electron chi connectivity index (χ1n) is 7.14. The van der Waals surface area contributed by atoms with E-state index in [4.69, 9.17) is 27.6 Å². The van der Waals surface area contributed by atoms with Crippen LogP contribution in [0.1, 0.15) is 5.69 Å². The second kappa shape index (κ2) is 7.47. The molecule has 7 nitrogen and oxygen atoms in total. The minimum atomic E-state index is -0.260. The van der Waals surface area contributed by atoms with Crippen LogP contribution in [0, 0.1) is 6.92 Å². The van der Waals surface area contributed by atoms with Gasteiger partial charge in [0, 0.05) is 7.05 Å². The van der Waals surface area contributed by atoms with Crippen molar-refractivity contribution < 1.29 is 9.21 Å². The number of furan rings is 1. The first kappa shape index (κ1) is 17.8. The molecule has 0 aliphatic carbocycles. The van der Waals surface area contributed by atoms with Crippen LogP contribution in [0.15, 0.2) is 34.0 Å². The van der Waals surface area contributed by atoms with Crippen LogP contribution in [-0.4, -0.2) is 31.4 Å². The van der Waals surface area contributed by atoms with Crippen LogP contribution in [0.25, 0.3) is 11.6 Å². The molecule has 0 unspecified atom stereocenters. The first-order chi connectivity index (χ1) is 12.0. The minimum Gasteiger partial charge on any atom is -0.461 e. The van der Waals surface area contributed by atoms with Gasteiger partial charge in [-0.25, -0.2) is 4.98 Å². The third-order valence-electron chi connectivity index (χ3n) is 3.27. The molecule has 10 heteroatoms. The van der Waals surface area contributed by atoms with Gasteiger partial charge in [-0.15, -0.1) is 10.2 Å². The Morgan fingerprint density at radius 3 is 2.88 bits per heavy atom. The maximum absolute atomic E-state index is 12.1. The van der Waals surface area contributed by atoms with Crippen LogP contribution in [0.2, 0.25) is 10.0 Å². The number of halogens is 2. The number of pyridine rings is 1. The fraction of sp³-hybridized carbons (Fsp3) is 0.200. The standard InChI is InChI=1S/C15H13Cl2N5O2S/c1-8-9(16)6-10(17)13(18-8)19-12(23)7-25-15-21-20-14(22(15)2)11-4-3-5-24-11/h3-6H,7H2,1-2H3,(H,18,19,23). The van der Waals surface area contributed by atoms with Crippen LogP contribution >= 0.6 is 35.0 Å². The van der Waals surface area contributed by atoms with Gasteiger partial charge >= 0.3 is 0 Å². The highest BCUT2D eigenvalue weighted by atomic mass is 35.5. The summed E-state index contributed by atoms with van der Waals surface area (Å²) in [6, 6.07) is 5.11. The summed E-state index contributed by atoms with van der Waals surface area (Å²) in [6.45, 7) is 1.73. The highest BCUT2D eigenvalue weighted by Gasteiger charge is 2.15. The third-order valence-corrected chi connectivity index (χ3v) is 4.96. The normalized spacial score (nSPS) is 10.9. The van der Waals surface area contributed by atoms with Crippen LogP contribution in [0.5, 0.6) is 0 Å². The smallest absolute Gasteiger partial charge is 0.236 e. The minimum absolute atomic E-state index is 0.129. The lowest BCUT2D eigenvalue weighted by molar-refractivity contribution is -0.113. The molecular formula is C15H13Cl2N5O2S. The summed E-state index contributed by atoms with van der Waals surface area (Å²) in [5.74, 6) is 1.35. The van der Waals surface area contributed by atoms with Gasteiger partial charge in [0.2, 0.25) is 5.91 Å². The van der Waals surface area contributed by atoms with E-state index in [1.54, 1.807) is 43.0 Å². The molecule has 0 bridgehead atoms. The van der Waals surface area contributed by atoms with Gasteiger partial charge in [-0.1, -0.05) is 35.0 Å². The molecule has 0 saturated heterocycles. The summed E-state index contributed by atoms with van der Waals surface area (Å²) >= 11 is 13.2. The Bertz CT molecular complexity index is 911. The van der Waals surface area contributed by atoms with Gasteiger partial charge in [0.15, 0.2) is 22.6 Å². The molecular weight excluding hydrogens is 385 g/mol. The zero-order valence-electron chi connectivity index (χ0n) is 13.3. The van der Waals surface area contributed by atoms with Crippen LogP contribution < -0.4 is 5.32 Å². The maximum Gasteiger partial charge on any atom is 0.236 e. The van der Waals surface area contributed by atoms with Gasteiger partial charge in [-0.05, 0) is 25.1 Å². The van der Waals surface area contributed by atoms with Crippen molar-refractivity contribution in [2.24, 2.45) is 7.05 Å². The van der Waals surface area contributed by atoms with E-state index in [2.05, 4.69) is 20.5 Å². The molecule has 0 fully saturated rings. The summed E-state index contributed by atoms with van der Waals surface area (Å²) in [5, 5.41) is 12.1. The molecule has 3 aromatic rings. The number of hydrogen-bond donors (Lipinski definition) is 1. The summed E-state index contributed by atoms with van der Waals surface area (Å²) < 4.78 is 7.07. The van der Waals surface area contributed by atoms with E-state index in [1.807, 2.05) is 0 Å². The molecule has 0 aliphatic rings. The Kier molecular flexibility index (Phi) is 5.31. The van der Waals surface area contributed by atoms with Crippen molar-refractivity contribution >= 4 is 46.7 Å². The number of nitrogens with zero attached hydrogens (tertiary/aromatic N) is 4. The number of nitrogens with one attached hydrogen (secondary N) is 1. The van der Waals surface area contributed by atoms with E-state index < -0.39 is 0 Å². The summed E-state index contributed by atoms with van der Waals surface area (Å²) in [7, 11) is 1.80. The molecule has 130 valence electrons. The lowest BCUT2D eigenvalue weighted by Gasteiger charge is -2.08. The molecule has 25 heavy (non-hydrogen) atoms. The number of thioether (sulfide) groups is 1. The van der Waals surface area contributed by atoms with Gasteiger partial charge in [0.25, 0.3) is 0 Å². The van der Waals surface area contributed by atoms with Crippen LogP contribution in [-0.2, 0) is 11.8 Å². The average Bonchev–Trinajstić information content (AvgIpc) is 3.20. The number of carbonyl (C=O) groups is 1. The van der Waals surface area contributed by atoms with Crippen molar-refractivity contribution in [3.05, 3.63) is 40.2 Å². The molecule has 3 heterocycles. The summed E-state index contributed by atoms with van der Waals surface area (Å²) in [6.07, 6.45) is 1.56.